The molecule has 0 saturated heterocycles. The van der Waals surface area contributed by atoms with Crippen LogP contribution in [0, 0.1) is 0 Å². The van der Waals surface area contributed by atoms with E-state index in [1.54, 1.807) is 26.0 Å². The molecule has 140 valence electrons. The van der Waals surface area contributed by atoms with Crippen LogP contribution in [-0.4, -0.2) is 39.5 Å². The number of ether oxygens (including phenoxy) is 1. The van der Waals surface area contributed by atoms with Crippen molar-refractivity contribution in [2.45, 2.75) is 31.2 Å². The highest BCUT2D eigenvalue weighted by Gasteiger charge is 2.15. The molecule has 2 rings (SSSR count). The Morgan fingerprint density at radius 1 is 1.08 bits per heavy atom. The Hall–Kier alpha value is -2.45. The second-order valence-corrected chi connectivity index (χ2v) is 7.81. The van der Waals surface area contributed by atoms with Gasteiger partial charge in [0.15, 0.2) is 6.61 Å². The molecule has 2 aromatic rings. The van der Waals surface area contributed by atoms with Crippen molar-refractivity contribution in [3.8, 4) is 0 Å². The fourth-order valence-electron chi connectivity index (χ4n) is 2.29. The molecule has 0 aliphatic rings. The summed E-state index contributed by atoms with van der Waals surface area (Å²) in [7, 11) is -3.73. The zero-order chi connectivity index (χ0) is 19.2. The summed E-state index contributed by atoms with van der Waals surface area (Å²) in [5, 5.41) is 4.34. The van der Waals surface area contributed by atoms with Gasteiger partial charge in [0.1, 0.15) is 0 Å². The number of benzene rings is 2. The molecule has 0 unspecified atom stereocenters. The Kier molecular flexibility index (Phi) is 6.70. The van der Waals surface area contributed by atoms with E-state index in [0.717, 1.165) is 10.8 Å². The topological polar surface area (TPSA) is 102 Å². The number of hydrogen-bond donors (Lipinski definition) is 2. The van der Waals surface area contributed by atoms with Crippen LogP contribution in [0.2, 0.25) is 0 Å². The average molecular weight is 378 g/mol. The standard InChI is InChI=1S/C18H22N2O5S/c1-13(2)20-17(21)12-25-18(22)9-10-19-26(23,24)16-8-7-14-5-3-4-6-15(14)11-16/h3-8,11,13,19H,9-10,12H2,1-2H3,(H,20,21). The maximum Gasteiger partial charge on any atom is 0.307 e. The van der Waals surface area contributed by atoms with Crippen molar-refractivity contribution in [3.05, 3.63) is 42.5 Å². The van der Waals surface area contributed by atoms with E-state index >= 15 is 0 Å². The van der Waals surface area contributed by atoms with Gasteiger partial charge in [0.2, 0.25) is 10.0 Å². The number of carbonyl (C=O) groups is 2. The highest BCUT2D eigenvalue weighted by Crippen LogP contribution is 2.18. The molecule has 0 saturated carbocycles. The molecule has 0 aliphatic heterocycles. The summed E-state index contributed by atoms with van der Waals surface area (Å²) in [4.78, 5) is 23.1. The molecule has 2 N–H and O–H groups in total. The minimum absolute atomic E-state index is 0.0463. The van der Waals surface area contributed by atoms with Crippen molar-refractivity contribution in [2.75, 3.05) is 13.2 Å². The monoisotopic (exact) mass is 378 g/mol. The number of nitrogens with one attached hydrogen (secondary N) is 2. The fraction of sp³-hybridized carbons (Fsp3) is 0.333. The molecule has 0 radical (unpaired) electrons. The first-order valence-corrected chi connectivity index (χ1v) is 9.70. The van der Waals surface area contributed by atoms with Gasteiger partial charge in [0.05, 0.1) is 11.3 Å². The Labute approximate surface area is 152 Å². The summed E-state index contributed by atoms with van der Waals surface area (Å²) in [5.74, 6) is -1.05. The molecular weight excluding hydrogens is 356 g/mol. The SMILES string of the molecule is CC(C)NC(=O)COC(=O)CCNS(=O)(=O)c1ccc2ccccc2c1. The van der Waals surface area contributed by atoms with Crippen LogP contribution in [0.4, 0.5) is 0 Å². The van der Waals surface area contributed by atoms with E-state index in [9.17, 15) is 18.0 Å². The largest absolute Gasteiger partial charge is 0.456 e. The lowest BCUT2D eigenvalue weighted by Gasteiger charge is -2.10. The number of amides is 1. The first-order chi connectivity index (χ1) is 12.3. The third kappa shape index (κ3) is 5.82. The second-order valence-electron chi connectivity index (χ2n) is 6.04. The number of rotatable bonds is 8. The number of sulfonamides is 1. The maximum absolute atomic E-state index is 12.3. The van der Waals surface area contributed by atoms with E-state index in [0.29, 0.717) is 0 Å². The molecule has 0 atom stereocenters. The van der Waals surface area contributed by atoms with Gasteiger partial charge in [0, 0.05) is 12.6 Å². The van der Waals surface area contributed by atoms with Gasteiger partial charge in [-0.25, -0.2) is 13.1 Å². The van der Waals surface area contributed by atoms with E-state index in [1.165, 1.54) is 6.07 Å². The fourth-order valence-corrected chi connectivity index (χ4v) is 3.35. The van der Waals surface area contributed by atoms with E-state index in [1.807, 2.05) is 24.3 Å². The van der Waals surface area contributed by atoms with Gasteiger partial charge >= 0.3 is 5.97 Å². The van der Waals surface area contributed by atoms with Gasteiger partial charge in [-0.3, -0.25) is 9.59 Å². The zero-order valence-electron chi connectivity index (χ0n) is 14.7. The summed E-state index contributed by atoms with van der Waals surface area (Å²) < 4.78 is 31.8. The molecule has 0 bridgehead atoms. The first kappa shape index (κ1) is 19.9. The average Bonchev–Trinajstić information content (AvgIpc) is 2.59. The molecule has 0 aromatic heterocycles. The smallest absolute Gasteiger partial charge is 0.307 e. The van der Waals surface area contributed by atoms with E-state index in [2.05, 4.69) is 10.0 Å². The minimum Gasteiger partial charge on any atom is -0.456 e. The zero-order valence-corrected chi connectivity index (χ0v) is 15.5. The molecule has 0 fully saturated rings. The van der Waals surface area contributed by atoms with Crippen LogP contribution in [0.5, 0.6) is 0 Å². The minimum atomic E-state index is -3.73. The van der Waals surface area contributed by atoms with Crippen LogP contribution >= 0.6 is 0 Å². The van der Waals surface area contributed by atoms with Gasteiger partial charge in [-0.15, -0.1) is 0 Å². The summed E-state index contributed by atoms with van der Waals surface area (Å²) >= 11 is 0. The molecule has 26 heavy (non-hydrogen) atoms. The quantitative estimate of drug-likeness (QED) is 0.679. The molecule has 1 amide bonds. The lowest BCUT2D eigenvalue weighted by Crippen LogP contribution is -2.34. The van der Waals surface area contributed by atoms with Crippen molar-refractivity contribution >= 4 is 32.7 Å². The Morgan fingerprint density at radius 3 is 2.46 bits per heavy atom. The van der Waals surface area contributed by atoms with Crippen molar-refractivity contribution in [1.82, 2.24) is 10.0 Å². The Balaban J connectivity index is 1.85. The maximum atomic E-state index is 12.3. The van der Waals surface area contributed by atoms with Crippen molar-refractivity contribution in [1.29, 1.82) is 0 Å². The van der Waals surface area contributed by atoms with Gasteiger partial charge in [-0.2, -0.15) is 0 Å². The highest BCUT2D eigenvalue weighted by atomic mass is 32.2. The van der Waals surface area contributed by atoms with Gasteiger partial charge in [-0.05, 0) is 36.8 Å². The molecule has 0 aliphatic carbocycles. The molecule has 0 heterocycles. The van der Waals surface area contributed by atoms with Crippen LogP contribution in [0.15, 0.2) is 47.4 Å². The Bertz CT molecular complexity index is 893. The predicted molar refractivity (Wildman–Crippen MR) is 98.0 cm³/mol. The number of fused-ring (bicyclic) bond motifs is 1. The molecule has 8 heteroatoms. The van der Waals surface area contributed by atoms with Crippen LogP contribution in [0.25, 0.3) is 10.8 Å². The van der Waals surface area contributed by atoms with Crippen molar-refractivity contribution < 1.29 is 22.7 Å². The number of esters is 1. The summed E-state index contributed by atoms with van der Waals surface area (Å²) in [6.07, 6.45) is -0.165. The van der Waals surface area contributed by atoms with E-state index in [-0.39, 0.29) is 30.5 Å². The normalized spacial score (nSPS) is 11.5. The van der Waals surface area contributed by atoms with Crippen LogP contribution in [0.3, 0.4) is 0 Å². The van der Waals surface area contributed by atoms with Gasteiger partial charge in [-0.1, -0.05) is 30.3 Å². The summed E-state index contributed by atoms with van der Waals surface area (Å²) in [6, 6.07) is 12.2. The summed E-state index contributed by atoms with van der Waals surface area (Å²) in [5.41, 5.74) is 0. The first-order valence-electron chi connectivity index (χ1n) is 8.21. The molecule has 7 nitrogen and oxygen atoms in total. The molecule has 2 aromatic carbocycles. The van der Waals surface area contributed by atoms with Gasteiger partial charge < -0.3 is 10.1 Å². The third-order valence-electron chi connectivity index (χ3n) is 3.47. The van der Waals surface area contributed by atoms with Crippen LogP contribution < -0.4 is 10.0 Å². The lowest BCUT2D eigenvalue weighted by molar-refractivity contribution is -0.148. The molecular formula is C18H22N2O5S. The number of carbonyl (C=O) groups excluding carboxylic acids is 2. The lowest BCUT2D eigenvalue weighted by atomic mass is 10.1. The predicted octanol–water partition coefficient (Wildman–Crippen LogP) is 1.58. The molecule has 0 spiro atoms. The van der Waals surface area contributed by atoms with Gasteiger partial charge in [0.25, 0.3) is 5.91 Å². The van der Waals surface area contributed by atoms with E-state index in [4.69, 9.17) is 4.74 Å². The third-order valence-corrected chi connectivity index (χ3v) is 4.93. The van der Waals surface area contributed by atoms with Crippen molar-refractivity contribution in [3.63, 3.8) is 0 Å². The van der Waals surface area contributed by atoms with E-state index < -0.39 is 21.9 Å². The Morgan fingerprint density at radius 2 is 1.77 bits per heavy atom. The van der Waals surface area contributed by atoms with Crippen LogP contribution in [-0.2, 0) is 24.3 Å². The number of hydrogen-bond acceptors (Lipinski definition) is 5. The second kappa shape index (κ2) is 8.77. The van der Waals surface area contributed by atoms with Crippen molar-refractivity contribution in [2.24, 2.45) is 0 Å². The highest BCUT2D eigenvalue weighted by molar-refractivity contribution is 7.89. The summed E-state index contributed by atoms with van der Waals surface area (Å²) in [6.45, 7) is 3.09. The van der Waals surface area contributed by atoms with Crippen LogP contribution in [0.1, 0.15) is 20.3 Å².